The highest BCUT2D eigenvalue weighted by Crippen LogP contribution is 2.27. The molecule has 1 saturated carbocycles. The molecule has 1 amide bonds. The fourth-order valence-corrected chi connectivity index (χ4v) is 2.67. The maximum absolute atomic E-state index is 12.4. The average molecular weight is 274 g/mol. The molecule has 0 aliphatic heterocycles. The number of aryl methyl sites for hydroxylation is 1. The van der Waals surface area contributed by atoms with Crippen LogP contribution in [0.4, 0.5) is 0 Å². The van der Waals surface area contributed by atoms with Gasteiger partial charge in [-0.25, -0.2) is 0 Å². The van der Waals surface area contributed by atoms with Gasteiger partial charge in [0.2, 0.25) is 0 Å². The first-order chi connectivity index (χ1) is 8.24. The third kappa shape index (κ3) is 2.77. The van der Waals surface area contributed by atoms with E-state index in [0.717, 1.165) is 31.5 Å². The number of hydrogen-bond donors (Lipinski definition) is 0. The predicted octanol–water partition coefficient (Wildman–Crippen LogP) is 2.47. The summed E-state index contributed by atoms with van der Waals surface area (Å²) in [6.45, 7) is 2.57. The normalized spacial score (nSPS) is 15.6. The number of aromatic nitrogens is 2. The predicted molar refractivity (Wildman–Crippen MR) is 68.7 cm³/mol. The van der Waals surface area contributed by atoms with Crippen LogP contribution < -0.4 is 0 Å². The van der Waals surface area contributed by atoms with Crippen LogP contribution in [0.15, 0.2) is 0 Å². The minimum atomic E-state index is 0.0762. The van der Waals surface area contributed by atoms with E-state index in [1.807, 2.05) is 11.8 Å². The Hall–Kier alpha value is -0.680. The van der Waals surface area contributed by atoms with Crippen molar-refractivity contribution in [3.63, 3.8) is 0 Å². The molecule has 1 aliphatic carbocycles. The molecule has 0 saturated heterocycles. The second-order valence-corrected chi connectivity index (χ2v) is 5.45. The first-order valence-electron chi connectivity index (χ1n) is 5.90. The molecule has 1 fully saturated rings. The molecule has 0 spiro atoms. The van der Waals surface area contributed by atoms with Gasteiger partial charge in [0, 0.05) is 18.5 Å². The Bertz CT molecular complexity index is 392. The number of halogens is 1. The lowest BCUT2D eigenvalue weighted by Gasteiger charge is -2.37. The molecular weight excluding hydrogens is 258 g/mol. The zero-order chi connectivity index (χ0) is 12.3. The van der Waals surface area contributed by atoms with E-state index < -0.39 is 0 Å². The lowest BCUT2D eigenvalue weighted by Crippen LogP contribution is -2.44. The van der Waals surface area contributed by atoms with Crippen molar-refractivity contribution in [2.24, 2.45) is 0 Å². The highest BCUT2D eigenvalue weighted by atomic mass is 35.5. The molecule has 0 atom stereocenters. The second kappa shape index (κ2) is 5.78. The Labute approximate surface area is 110 Å². The number of nitrogens with zero attached hydrogens (tertiary/aromatic N) is 3. The van der Waals surface area contributed by atoms with Crippen LogP contribution in [0.25, 0.3) is 0 Å². The lowest BCUT2D eigenvalue weighted by molar-refractivity contribution is 0.0585. The largest absolute Gasteiger partial charge is 0.335 e. The minimum Gasteiger partial charge on any atom is -0.335 e. The fraction of sp³-hybridized carbons (Fsp3) is 0.727. The van der Waals surface area contributed by atoms with Crippen molar-refractivity contribution in [2.45, 2.75) is 38.6 Å². The molecule has 2 rings (SSSR count). The van der Waals surface area contributed by atoms with Gasteiger partial charge in [0.25, 0.3) is 5.91 Å². The first kappa shape index (κ1) is 12.8. The van der Waals surface area contributed by atoms with Gasteiger partial charge in [-0.15, -0.1) is 16.7 Å². The maximum atomic E-state index is 12.4. The number of carbonyl (C=O) groups excluding carboxylic acids is 1. The van der Waals surface area contributed by atoms with Gasteiger partial charge in [-0.3, -0.25) is 4.79 Å². The van der Waals surface area contributed by atoms with Gasteiger partial charge in [-0.2, -0.15) is 0 Å². The Balaban J connectivity index is 2.09. The van der Waals surface area contributed by atoms with Crippen LogP contribution in [0.1, 0.15) is 41.0 Å². The number of rotatable bonds is 5. The molecule has 0 unspecified atom stereocenters. The van der Waals surface area contributed by atoms with Crippen molar-refractivity contribution >= 4 is 29.0 Å². The molecule has 1 aromatic rings. The molecule has 17 heavy (non-hydrogen) atoms. The first-order valence-corrected chi connectivity index (χ1v) is 7.20. The summed E-state index contributed by atoms with van der Waals surface area (Å²) in [5.41, 5.74) is 0.732. The summed E-state index contributed by atoms with van der Waals surface area (Å²) in [7, 11) is 0. The van der Waals surface area contributed by atoms with E-state index in [2.05, 4.69) is 9.59 Å². The summed E-state index contributed by atoms with van der Waals surface area (Å²) in [5.74, 6) is 0.670. The van der Waals surface area contributed by atoms with E-state index in [4.69, 9.17) is 11.6 Å². The van der Waals surface area contributed by atoms with Crippen LogP contribution >= 0.6 is 23.1 Å². The summed E-state index contributed by atoms with van der Waals surface area (Å²) >= 11 is 6.90. The van der Waals surface area contributed by atoms with Gasteiger partial charge in [-0.1, -0.05) is 4.49 Å². The summed E-state index contributed by atoms with van der Waals surface area (Å²) in [4.78, 5) is 15.0. The SMILES string of the molecule is Cc1nnsc1C(=O)N(CCCCl)C1CCC1. The van der Waals surface area contributed by atoms with Crippen molar-refractivity contribution in [3.8, 4) is 0 Å². The summed E-state index contributed by atoms with van der Waals surface area (Å²) in [6, 6.07) is 0.396. The zero-order valence-corrected chi connectivity index (χ0v) is 11.4. The van der Waals surface area contributed by atoms with Gasteiger partial charge in [0.15, 0.2) is 0 Å². The molecule has 0 aromatic carbocycles. The van der Waals surface area contributed by atoms with E-state index in [1.54, 1.807) is 0 Å². The van der Waals surface area contributed by atoms with Crippen LogP contribution in [0.2, 0.25) is 0 Å². The topological polar surface area (TPSA) is 46.1 Å². The van der Waals surface area contributed by atoms with Gasteiger partial charge < -0.3 is 4.90 Å². The molecule has 1 heterocycles. The molecule has 4 nitrogen and oxygen atoms in total. The van der Waals surface area contributed by atoms with Crippen LogP contribution in [0, 0.1) is 6.92 Å². The zero-order valence-electron chi connectivity index (χ0n) is 9.86. The summed E-state index contributed by atoms with van der Waals surface area (Å²) in [5, 5.41) is 3.90. The van der Waals surface area contributed by atoms with Gasteiger partial charge in [0.05, 0.1) is 5.69 Å². The second-order valence-electron chi connectivity index (χ2n) is 4.31. The van der Waals surface area contributed by atoms with Crippen LogP contribution in [0.3, 0.4) is 0 Å². The van der Waals surface area contributed by atoms with Gasteiger partial charge in [-0.05, 0) is 44.1 Å². The monoisotopic (exact) mass is 273 g/mol. The lowest BCUT2D eigenvalue weighted by atomic mass is 9.91. The number of carbonyl (C=O) groups is 1. The highest BCUT2D eigenvalue weighted by Gasteiger charge is 2.30. The van der Waals surface area contributed by atoms with E-state index in [-0.39, 0.29) is 5.91 Å². The third-order valence-electron chi connectivity index (χ3n) is 3.15. The molecule has 94 valence electrons. The van der Waals surface area contributed by atoms with Crippen molar-refractivity contribution in [1.82, 2.24) is 14.5 Å². The molecule has 0 bridgehead atoms. The average Bonchev–Trinajstić information content (AvgIpc) is 2.67. The molecular formula is C11H16ClN3OS. The smallest absolute Gasteiger partial charge is 0.267 e. The van der Waals surface area contributed by atoms with E-state index >= 15 is 0 Å². The van der Waals surface area contributed by atoms with Crippen LogP contribution in [-0.4, -0.2) is 38.9 Å². The van der Waals surface area contributed by atoms with E-state index in [1.165, 1.54) is 18.0 Å². The summed E-state index contributed by atoms with van der Waals surface area (Å²) in [6.07, 6.45) is 4.28. The van der Waals surface area contributed by atoms with Crippen molar-refractivity contribution < 1.29 is 4.79 Å². The highest BCUT2D eigenvalue weighted by molar-refractivity contribution is 7.07. The van der Waals surface area contributed by atoms with Crippen molar-refractivity contribution in [1.29, 1.82) is 0 Å². The number of hydrogen-bond acceptors (Lipinski definition) is 4. The Kier molecular flexibility index (Phi) is 4.34. The minimum absolute atomic E-state index is 0.0762. The molecule has 6 heteroatoms. The Morgan fingerprint density at radius 3 is 2.82 bits per heavy atom. The number of amides is 1. The van der Waals surface area contributed by atoms with Crippen LogP contribution in [-0.2, 0) is 0 Å². The quantitative estimate of drug-likeness (QED) is 0.774. The number of alkyl halides is 1. The molecule has 1 aromatic heterocycles. The molecule has 1 aliphatic rings. The third-order valence-corrected chi connectivity index (χ3v) is 4.24. The Morgan fingerprint density at radius 1 is 1.59 bits per heavy atom. The van der Waals surface area contributed by atoms with Crippen molar-refractivity contribution in [2.75, 3.05) is 12.4 Å². The molecule has 0 N–H and O–H groups in total. The van der Waals surface area contributed by atoms with Crippen LogP contribution in [0.5, 0.6) is 0 Å². The standard InChI is InChI=1S/C11H16ClN3OS/c1-8-10(17-14-13-8)11(16)15(7-3-6-12)9-4-2-5-9/h9H,2-7H2,1H3. The van der Waals surface area contributed by atoms with E-state index in [9.17, 15) is 4.79 Å². The van der Waals surface area contributed by atoms with Gasteiger partial charge >= 0.3 is 0 Å². The molecule has 0 radical (unpaired) electrons. The summed E-state index contributed by atoms with van der Waals surface area (Å²) < 4.78 is 3.83. The fourth-order valence-electron chi connectivity index (χ4n) is 1.94. The Morgan fingerprint density at radius 2 is 2.35 bits per heavy atom. The van der Waals surface area contributed by atoms with Crippen molar-refractivity contribution in [3.05, 3.63) is 10.6 Å². The van der Waals surface area contributed by atoms with E-state index in [0.29, 0.717) is 16.8 Å². The maximum Gasteiger partial charge on any atom is 0.267 e. The van der Waals surface area contributed by atoms with Gasteiger partial charge in [0.1, 0.15) is 4.88 Å².